The third-order valence-corrected chi connectivity index (χ3v) is 4.42. The lowest BCUT2D eigenvalue weighted by Crippen LogP contribution is -2.36. The maximum Gasteiger partial charge on any atom is 0.333 e. The van der Waals surface area contributed by atoms with E-state index in [2.05, 4.69) is 13.5 Å². The van der Waals surface area contributed by atoms with E-state index in [1.807, 2.05) is 6.92 Å². The monoisotopic (exact) mass is 252 g/mol. The van der Waals surface area contributed by atoms with Gasteiger partial charge in [0.2, 0.25) is 0 Å². The van der Waals surface area contributed by atoms with Crippen LogP contribution in [-0.4, -0.2) is 24.1 Å². The molecule has 2 aliphatic rings. The van der Waals surface area contributed by atoms with Gasteiger partial charge in [-0.25, -0.2) is 4.79 Å². The first-order valence-electron chi connectivity index (χ1n) is 6.40. The molecule has 1 aliphatic carbocycles. The molecular weight excluding hydrogens is 232 g/mol. The average molecular weight is 252 g/mol. The van der Waals surface area contributed by atoms with Crippen LogP contribution in [0.25, 0.3) is 0 Å². The topological polar surface area (TPSA) is 52.6 Å². The van der Waals surface area contributed by atoms with E-state index in [0.717, 1.165) is 6.42 Å². The van der Waals surface area contributed by atoms with Gasteiger partial charge in [-0.2, -0.15) is 0 Å². The summed E-state index contributed by atoms with van der Waals surface area (Å²) in [6.07, 6.45) is 1.41. The van der Waals surface area contributed by atoms with Crippen molar-refractivity contribution in [3.8, 4) is 0 Å². The van der Waals surface area contributed by atoms with Crippen molar-refractivity contribution in [2.45, 2.75) is 39.2 Å². The minimum atomic E-state index is -0.589. The second kappa shape index (κ2) is 4.41. The Hall–Kier alpha value is -1.32. The molecule has 2 rings (SSSR count). The van der Waals surface area contributed by atoms with E-state index in [1.165, 1.54) is 0 Å². The van der Waals surface area contributed by atoms with Crippen molar-refractivity contribution < 1.29 is 19.1 Å². The summed E-state index contributed by atoms with van der Waals surface area (Å²) in [5.74, 6) is -0.228. The fraction of sp³-hybridized carbons (Fsp3) is 0.714. The van der Waals surface area contributed by atoms with Gasteiger partial charge in [0.05, 0.1) is 12.5 Å². The van der Waals surface area contributed by atoms with E-state index < -0.39 is 5.60 Å². The minimum absolute atomic E-state index is 0.128. The molecule has 4 unspecified atom stereocenters. The first kappa shape index (κ1) is 13.1. The van der Waals surface area contributed by atoms with E-state index in [9.17, 15) is 9.59 Å². The second-order valence-electron chi connectivity index (χ2n) is 5.70. The molecule has 0 aromatic rings. The lowest BCUT2D eigenvalue weighted by molar-refractivity contribution is -0.158. The molecule has 1 heterocycles. The SMILES string of the molecule is C=C(C)C(=O)OC1(C)CC2C(=O)OCCC2C1C. The first-order chi connectivity index (χ1) is 8.35. The highest BCUT2D eigenvalue weighted by Crippen LogP contribution is 2.49. The summed E-state index contributed by atoms with van der Waals surface area (Å²) >= 11 is 0. The summed E-state index contributed by atoms with van der Waals surface area (Å²) in [5.41, 5.74) is -0.199. The number of rotatable bonds is 2. The van der Waals surface area contributed by atoms with Gasteiger partial charge >= 0.3 is 11.9 Å². The molecule has 4 nitrogen and oxygen atoms in total. The fourth-order valence-corrected chi connectivity index (χ4v) is 3.12. The minimum Gasteiger partial charge on any atom is -0.465 e. The molecule has 1 aliphatic heterocycles. The van der Waals surface area contributed by atoms with Crippen molar-refractivity contribution in [3.05, 3.63) is 12.2 Å². The van der Waals surface area contributed by atoms with Crippen LogP contribution in [0.15, 0.2) is 12.2 Å². The number of hydrogen-bond acceptors (Lipinski definition) is 4. The van der Waals surface area contributed by atoms with Crippen LogP contribution in [0.4, 0.5) is 0 Å². The van der Waals surface area contributed by atoms with E-state index in [4.69, 9.17) is 9.47 Å². The van der Waals surface area contributed by atoms with E-state index in [-0.39, 0.29) is 29.7 Å². The highest BCUT2D eigenvalue weighted by molar-refractivity contribution is 5.87. The lowest BCUT2D eigenvalue weighted by Gasteiger charge is -2.31. The first-order valence-corrected chi connectivity index (χ1v) is 6.40. The van der Waals surface area contributed by atoms with Crippen molar-refractivity contribution in [1.29, 1.82) is 0 Å². The predicted molar refractivity (Wildman–Crippen MR) is 65.6 cm³/mol. The van der Waals surface area contributed by atoms with Gasteiger partial charge < -0.3 is 9.47 Å². The number of hydrogen-bond donors (Lipinski definition) is 0. The highest BCUT2D eigenvalue weighted by atomic mass is 16.6. The van der Waals surface area contributed by atoms with Crippen molar-refractivity contribution in [3.63, 3.8) is 0 Å². The van der Waals surface area contributed by atoms with Crippen LogP contribution >= 0.6 is 0 Å². The molecule has 18 heavy (non-hydrogen) atoms. The Morgan fingerprint density at radius 1 is 1.56 bits per heavy atom. The van der Waals surface area contributed by atoms with Gasteiger partial charge in [0.1, 0.15) is 5.60 Å². The molecule has 0 spiro atoms. The predicted octanol–water partition coefficient (Wildman–Crippen LogP) is 2.08. The summed E-state index contributed by atoms with van der Waals surface area (Å²) in [6.45, 7) is 9.66. The second-order valence-corrected chi connectivity index (χ2v) is 5.70. The number of carbonyl (C=O) groups is 2. The van der Waals surface area contributed by atoms with Gasteiger partial charge in [-0.05, 0) is 32.1 Å². The molecule has 0 bridgehead atoms. The van der Waals surface area contributed by atoms with Crippen molar-refractivity contribution in [2.75, 3.05) is 6.61 Å². The Morgan fingerprint density at radius 2 is 2.22 bits per heavy atom. The van der Waals surface area contributed by atoms with Crippen LogP contribution in [0, 0.1) is 17.8 Å². The molecule has 0 aromatic heterocycles. The Kier molecular flexibility index (Phi) is 3.21. The zero-order chi connectivity index (χ0) is 13.5. The Labute approximate surface area is 107 Å². The lowest BCUT2D eigenvalue weighted by atomic mass is 9.84. The van der Waals surface area contributed by atoms with Crippen LogP contribution < -0.4 is 0 Å². The number of esters is 2. The maximum atomic E-state index is 11.7. The number of cyclic esters (lactones) is 1. The van der Waals surface area contributed by atoms with Crippen molar-refractivity contribution in [1.82, 2.24) is 0 Å². The molecule has 4 heteroatoms. The summed E-state index contributed by atoms with van der Waals surface area (Å²) in [5, 5.41) is 0. The van der Waals surface area contributed by atoms with Crippen molar-refractivity contribution >= 4 is 11.9 Å². The molecule has 4 atom stereocenters. The van der Waals surface area contributed by atoms with Crippen LogP contribution in [0.1, 0.15) is 33.6 Å². The maximum absolute atomic E-state index is 11.7. The fourth-order valence-electron chi connectivity index (χ4n) is 3.12. The third-order valence-electron chi connectivity index (χ3n) is 4.42. The number of carbonyl (C=O) groups excluding carboxylic acids is 2. The van der Waals surface area contributed by atoms with Gasteiger partial charge in [-0.15, -0.1) is 0 Å². The number of ether oxygens (including phenoxy) is 2. The van der Waals surface area contributed by atoms with Gasteiger partial charge in [0.15, 0.2) is 0 Å². The quantitative estimate of drug-likeness (QED) is 0.558. The molecule has 2 fully saturated rings. The summed E-state index contributed by atoms with van der Waals surface area (Å²) < 4.78 is 10.7. The highest BCUT2D eigenvalue weighted by Gasteiger charge is 2.55. The summed E-state index contributed by atoms with van der Waals surface area (Å²) in [4.78, 5) is 23.4. The van der Waals surface area contributed by atoms with Crippen LogP contribution in [0.5, 0.6) is 0 Å². The molecule has 0 aromatic carbocycles. The number of fused-ring (bicyclic) bond motifs is 1. The molecule has 1 saturated carbocycles. The molecule has 1 saturated heterocycles. The summed E-state index contributed by atoms with van der Waals surface area (Å²) in [6, 6.07) is 0. The zero-order valence-electron chi connectivity index (χ0n) is 11.2. The van der Waals surface area contributed by atoms with Crippen LogP contribution in [-0.2, 0) is 19.1 Å². The molecule has 0 N–H and O–H groups in total. The smallest absolute Gasteiger partial charge is 0.333 e. The van der Waals surface area contributed by atoms with Crippen molar-refractivity contribution in [2.24, 2.45) is 17.8 Å². The zero-order valence-corrected chi connectivity index (χ0v) is 11.2. The molecule has 100 valence electrons. The molecule has 0 amide bonds. The Morgan fingerprint density at radius 3 is 2.78 bits per heavy atom. The van der Waals surface area contributed by atoms with Crippen LogP contribution in [0.2, 0.25) is 0 Å². The molecular formula is C14H20O4. The Balaban J connectivity index is 2.17. The third kappa shape index (κ3) is 2.04. The van der Waals surface area contributed by atoms with Crippen LogP contribution in [0.3, 0.4) is 0 Å². The van der Waals surface area contributed by atoms with E-state index >= 15 is 0 Å². The van der Waals surface area contributed by atoms with Gasteiger partial charge in [-0.3, -0.25) is 4.79 Å². The largest absolute Gasteiger partial charge is 0.465 e. The van der Waals surface area contributed by atoms with E-state index in [1.54, 1.807) is 6.92 Å². The normalized spacial score (nSPS) is 38.8. The summed E-state index contributed by atoms with van der Waals surface area (Å²) in [7, 11) is 0. The van der Waals surface area contributed by atoms with Gasteiger partial charge in [-0.1, -0.05) is 13.5 Å². The van der Waals surface area contributed by atoms with Gasteiger partial charge in [0.25, 0.3) is 0 Å². The van der Waals surface area contributed by atoms with Gasteiger partial charge in [0, 0.05) is 12.0 Å². The standard InChI is InChI=1S/C14H20O4/c1-8(2)12(15)18-14(4)7-11-10(9(14)3)5-6-17-13(11)16/h9-11H,1,5-7H2,2-4H3. The Bertz CT molecular complexity index is 401. The molecule has 0 radical (unpaired) electrons. The average Bonchev–Trinajstić information content (AvgIpc) is 2.54. The van der Waals surface area contributed by atoms with E-state index in [0.29, 0.717) is 18.6 Å².